The summed E-state index contributed by atoms with van der Waals surface area (Å²) in [6.07, 6.45) is 7.36. The minimum Gasteiger partial charge on any atom is -0.504 e. The molecule has 6 atom stereocenters. The number of hydrogen-bond donors (Lipinski definition) is 2. The molecule has 0 amide bonds. The Bertz CT molecular complexity index is 887. The quantitative estimate of drug-likeness (QED) is 0.775. The standard InChI is InChI=1S/C26H37NO3/c1-15-5-8-20(28)22-21(15)26-11-12-27(14-17-6-7-17)16(2)25(26)10-9-18(23(26)30-22)19(13-25)24(3,4)29/h5,8,16-19,23,28-29H,6-7,9-14H2,1-4H3/t16?,18?,19?,23-,25+,26?/m0/s1. The predicted molar refractivity (Wildman–Crippen MR) is 117 cm³/mol. The van der Waals surface area contributed by atoms with E-state index in [9.17, 15) is 10.2 Å². The van der Waals surface area contributed by atoms with Crippen molar-refractivity contribution in [2.75, 3.05) is 13.1 Å². The lowest BCUT2D eigenvalue weighted by atomic mass is 9.37. The van der Waals surface area contributed by atoms with Crippen LogP contribution in [0, 0.1) is 30.1 Å². The molecule has 4 unspecified atom stereocenters. The summed E-state index contributed by atoms with van der Waals surface area (Å²) >= 11 is 0. The lowest BCUT2D eigenvalue weighted by Crippen LogP contribution is -2.74. The number of rotatable bonds is 3. The molecule has 4 nitrogen and oxygen atoms in total. The highest BCUT2D eigenvalue weighted by Crippen LogP contribution is 2.74. The molecule has 2 spiro atoms. The summed E-state index contributed by atoms with van der Waals surface area (Å²) in [5.41, 5.74) is 1.91. The van der Waals surface area contributed by atoms with E-state index in [2.05, 4.69) is 24.8 Å². The van der Waals surface area contributed by atoms with Crippen LogP contribution in [0.2, 0.25) is 0 Å². The number of ether oxygens (including phenoxy) is 1. The zero-order valence-corrected chi connectivity index (χ0v) is 18.9. The van der Waals surface area contributed by atoms with Gasteiger partial charge in [0, 0.05) is 29.5 Å². The van der Waals surface area contributed by atoms with Gasteiger partial charge >= 0.3 is 0 Å². The molecular weight excluding hydrogens is 374 g/mol. The Balaban J connectivity index is 1.55. The van der Waals surface area contributed by atoms with Crippen LogP contribution in [0.5, 0.6) is 11.5 Å². The molecule has 1 aromatic carbocycles. The topological polar surface area (TPSA) is 52.9 Å². The maximum Gasteiger partial charge on any atom is 0.165 e. The second-order valence-corrected chi connectivity index (χ2v) is 11.8. The normalized spacial score (nSPS) is 42.4. The highest BCUT2D eigenvalue weighted by Gasteiger charge is 2.74. The molecule has 0 radical (unpaired) electrons. The van der Waals surface area contributed by atoms with Gasteiger partial charge < -0.3 is 14.9 Å². The number of likely N-dealkylation sites (tertiary alicyclic amines) is 1. The molecule has 5 fully saturated rings. The largest absolute Gasteiger partial charge is 0.504 e. The van der Waals surface area contributed by atoms with Crippen molar-refractivity contribution in [1.82, 2.24) is 4.90 Å². The second kappa shape index (κ2) is 5.95. The Labute approximate surface area is 180 Å². The molecule has 164 valence electrons. The van der Waals surface area contributed by atoms with Gasteiger partial charge in [0.25, 0.3) is 0 Å². The molecule has 2 aliphatic heterocycles. The number of aromatic hydroxyl groups is 1. The number of phenols is 1. The van der Waals surface area contributed by atoms with Crippen molar-refractivity contribution in [3.63, 3.8) is 0 Å². The van der Waals surface area contributed by atoms with Crippen LogP contribution in [0.25, 0.3) is 0 Å². The van der Waals surface area contributed by atoms with Gasteiger partial charge in [-0.05, 0) is 102 Å². The molecular formula is C26H37NO3. The first kappa shape index (κ1) is 19.4. The van der Waals surface area contributed by atoms with Crippen LogP contribution >= 0.6 is 0 Å². The first-order valence-electron chi connectivity index (χ1n) is 12.2. The fourth-order valence-electron chi connectivity index (χ4n) is 8.52. The summed E-state index contributed by atoms with van der Waals surface area (Å²) in [7, 11) is 0. The smallest absolute Gasteiger partial charge is 0.165 e. The van der Waals surface area contributed by atoms with Gasteiger partial charge in [-0.25, -0.2) is 0 Å². The van der Waals surface area contributed by atoms with Crippen LogP contribution in [0.15, 0.2) is 12.1 Å². The minimum atomic E-state index is -0.710. The Morgan fingerprint density at radius 2 is 1.97 bits per heavy atom. The van der Waals surface area contributed by atoms with Crippen LogP contribution in [0.3, 0.4) is 0 Å². The van der Waals surface area contributed by atoms with Crippen LogP contribution in [-0.4, -0.2) is 45.9 Å². The molecule has 6 aliphatic rings. The van der Waals surface area contributed by atoms with Gasteiger partial charge in [0.1, 0.15) is 6.10 Å². The number of nitrogens with zero attached hydrogens (tertiary/aromatic N) is 1. The molecule has 1 saturated heterocycles. The van der Waals surface area contributed by atoms with E-state index in [1.54, 1.807) is 6.07 Å². The summed E-state index contributed by atoms with van der Waals surface area (Å²) in [6.45, 7) is 11.0. The van der Waals surface area contributed by atoms with Crippen molar-refractivity contribution in [1.29, 1.82) is 0 Å². The first-order valence-corrected chi connectivity index (χ1v) is 12.2. The van der Waals surface area contributed by atoms with E-state index >= 15 is 0 Å². The molecule has 4 heteroatoms. The van der Waals surface area contributed by atoms with Crippen molar-refractivity contribution >= 4 is 0 Å². The molecule has 0 aromatic heterocycles. The third kappa shape index (κ3) is 2.25. The highest BCUT2D eigenvalue weighted by atomic mass is 16.5. The Kier molecular flexibility index (Phi) is 3.85. The lowest BCUT2D eigenvalue weighted by molar-refractivity contribution is -0.219. The maximum absolute atomic E-state index is 11.2. The van der Waals surface area contributed by atoms with E-state index < -0.39 is 5.60 Å². The molecule has 7 rings (SSSR count). The molecule has 30 heavy (non-hydrogen) atoms. The van der Waals surface area contributed by atoms with Crippen molar-refractivity contribution in [3.05, 3.63) is 23.3 Å². The van der Waals surface area contributed by atoms with Crippen molar-refractivity contribution in [2.45, 2.75) is 89.4 Å². The van der Waals surface area contributed by atoms with Crippen molar-refractivity contribution in [3.8, 4) is 11.5 Å². The molecule has 4 aliphatic carbocycles. The molecule has 2 heterocycles. The third-order valence-corrected chi connectivity index (χ3v) is 10.1. The van der Waals surface area contributed by atoms with Crippen LogP contribution in [0.1, 0.15) is 70.4 Å². The van der Waals surface area contributed by atoms with Crippen molar-refractivity contribution < 1.29 is 14.9 Å². The zero-order valence-electron chi connectivity index (χ0n) is 18.9. The summed E-state index contributed by atoms with van der Waals surface area (Å²) in [5.74, 6) is 2.51. The molecule has 2 N–H and O–H groups in total. The lowest BCUT2D eigenvalue weighted by Gasteiger charge is -2.70. The van der Waals surface area contributed by atoms with E-state index in [1.165, 1.54) is 36.9 Å². The number of benzene rings is 1. The number of piperidine rings is 1. The van der Waals surface area contributed by atoms with Gasteiger partial charge in [-0.1, -0.05) is 6.07 Å². The van der Waals surface area contributed by atoms with E-state index in [-0.39, 0.29) is 22.9 Å². The Morgan fingerprint density at radius 1 is 1.20 bits per heavy atom. The number of fused-ring (bicyclic) bond motifs is 3. The summed E-state index contributed by atoms with van der Waals surface area (Å²) in [6, 6.07) is 4.35. The van der Waals surface area contributed by atoms with Gasteiger partial charge in [0.05, 0.1) is 5.60 Å². The molecule has 2 bridgehead atoms. The Hall–Kier alpha value is -1.26. The third-order valence-electron chi connectivity index (χ3n) is 10.1. The average molecular weight is 412 g/mol. The van der Waals surface area contributed by atoms with E-state index in [0.29, 0.717) is 17.7 Å². The van der Waals surface area contributed by atoms with Crippen molar-refractivity contribution in [2.24, 2.45) is 23.2 Å². The number of aryl methyl sites for hydroxylation is 1. The Morgan fingerprint density at radius 3 is 2.67 bits per heavy atom. The van der Waals surface area contributed by atoms with Gasteiger partial charge in [0.15, 0.2) is 11.5 Å². The van der Waals surface area contributed by atoms with Crippen LogP contribution in [0.4, 0.5) is 0 Å². The SMILES string of the molecule is Cc1ccc(O)c2c1C13CCN(CC4CC4)C(C)[C@]14CCC(C(C(C)(C)O)C4)[C@@H]3O2. The highest BCUT2D eigenvalue weighted by molar-refractivity contribution is 5.60. The van der Waals surface area contributed by atoms with Gasteiger partial charge in [-0.15, -0.1) is 0 Å². The van der Waals surface area contributed by atoms with Crippen LogP contribution < -0.4 is 4.74 Å². The second-order valence-electron chi connectivity index (χ2n) is 11.8. The maximum atomic E-state index is 11.2. The van der Waals surface area contributed by atoms with E-state index in [0.717, 1.165) is 37.5 Å². The molecule has 4 saturated carbocycles. The van der Waals surface area contributed by atoms with Gasteiger partial charge in [-0.2, -0.15) is 0 Å². The van der Waals surface area contributed by atoms with E-state index in [4.69, 9.17) is 4.74 Å². The first-order chi connectivity index (χ1) is 14.2. The predicted octanol–water partition coefficient (Wildman–Crippen LogP) is 4.39. The summed E-state index contributed by atoms with van der Waals surface area (Å²) in [5, 5.41) is 22.0. The number of hydrogen-bond acceptors (Lipinski definition) is 4. The summed E-state index contributed by atoms with van der Waals surface area (Å²) < 4.78 is 6.73. The van der Waals surface area contributed by atoms with Gasteiger partial charge in [-0.3, -0.25) is 4.90 Å². The summed E-state index contributed by atoms with van der Waals surface area (Å²) in [4.78, 5) is 2.77. The van der Waals surface area contributed by atoms with E-state index in [1.807, 2.05) is 13.8 Å². The fraction of sp³-hybridized carbons (Fsp3) is 0.769. The van der Waals surface area contributed by atoms with Crippen LogP contribution in [-0.2, 0) is 5.41 Å². The molecule has 1 aromatic rings. The minimum absolute atomic E-state index is 0.0324. The monoisotopic (exact) mass is 411 g/mol. The van der Waals surface area contributed by atoms with Gasteiger partial charge in [0.2, 0.25) is 0 Å². The number of aliphatic hydroxyl groups is 1. The fourth-order valence-corrected chi connectivity index (χ4v) is 8.52. The average Bonchev–Trinajstić information content (AvgIpc) is 3.44. The number of phenolic OH excluding ortho intramolecular Hbond substituents is 1. The zero-order chi connectivity index (χ0) is 21.1.